The minimum absolute atomic E-state index is 0.0718. The summed E-state index contributed by atoms with van der Waals surface area (Å²) < 4.78 is 6.74. The lowest BCUT2D eigenvalue weighted by Crippen LogP contribution is -2.66. The van der Waals surface area contributed by atoms with Crippen LogP contribution in [0.15, 0.2) is 29.2 Å². The van der Waals surface area contributed by atoms with Crippen LogP contribution in [-0.4, -0.2) is 55.2 Å². The van der Waals surface area contributed by atoms with Crippen molar-refractivity contribution in [1.29, 1.82) is 5.41 Å². The molecule has 0 aliphatic rings. The number of amidine groups is 1. The zero-order valence-corrected chi connectivity index (χ0v) is 16.4. The van der Waals surface area contributed by atoms with E-state index in [4.69, 9.17) is 10.1 Å². The van der Waals surface area contributed by atoms with E-state index >= 15 is 0 Å². The van der Waals surface area contributed by atoms with E-state index in [1.165, 1.54) is 17.6 Å². The molecule has 0 saturated heterocycles. The zero-order chi connectivity index (χ0) is 19.2. The molecule has 0 spiro atoms. The van der Waals surface area contributed by atoms with Crippen molar-refractivity contribution in [3.63, 3.8) is 0 Å². The van der Waals surface area contributed by atoms with Crippen LogP contribution in [0.25, 0.3) is 0 Å². The number of carbonyl (C=O) groups is 2. The monoisotopic (exact) mass is 367 g/mol. The summed E-state index contributed by atoms with van der Waals surface area (Å²) in [5.74, 6) is 0.429. The van der Waals surface area contributed by atoms with Crippen LogP contribution in [0.4, 0.5) is 9.59 Å². The number of carbonyl (C=O) groups excluding carboxylic acids is 2. The lowest BCUT2D eigenvalue weighted by atomic mass is 10.0. The summed E-state index contributed by atoms with van der Waals surface area (Å²) in [5.41, 5.74) is 1.21. The maximum Gasteiger partial charge on any atom is 0.445 e. The van der Waals surface area contributed by atoms with Crippen LogP contribution in [0, 0.1) is 5.41 Å². The number of hydrogen-bond donors (Lipinski definition) is 2. The normalized spacial score (nSPS) is 13.1. The van der Waals surface area contributed by atoms with Crippen molar-refractivity contribution >= 4 is 30.0 Å². The van der Waals surface area contributed by atoms with Gasteiger partial charge in [0.15, 0.2) is 0 Å². The fourth-order valence-electron chi connectivity index (χ4n) is 2.29. The quantitative estimate of drug-likeness (QED) is 0.368. The molecular formula is C17H27N4O3S+. The molecule has 0 bridgehead atoms. The van der Waals surface area contributed by atoms with Gasteiger partial charge in [0.1, 0.15) is 6.54 Å². The van der Waals surface area contributed by atoms with Crippen molar-refractivity contribution in [3.8, 4) is 0 Å². The third-order valence-corrected chi connectivity index (χ3v) is 4.66. The van der Waals surface area contributed by atoms with Crippen molar-refractivity contribution in [3.05, 3.63) is 29.8 Å². The summed E-state index contributed by atoms with van der Waals surface area (Å²) in [5, 5.41) is 7.99. The third kappa shape index (κ3) is 4.52. The molecule has 4 amide bonds. The lowest BCUT2D eigenvalue weighted by Gasteiger charge is -2.30. The van der Waals surface area contributed by atoms with E-state index in [1.54, 1.807) is 21.0 Å². The Labute approximate surface area is 153 Å². The second-order valence-electron chi connectivity index (χ2n) is 6.05. The van der Waals surface area contributed by atoms with Crippen LogP contribution in [0.3, 0.4) is 0 Å². The Morgan fingerprint density at radius 1 is 1.28 bits per heavy atom. The number of ether oxygens (including phenoxy) is 1. The van der Waals surface area contributed by atoms with Gasteiger partial charge < -0.3 is 4.74 Å². The van der Waals surface area contributed by atoms with Gasteiger partial charge in [-0.15, -0.1) is 0 Å². The highest BCUT2D eigenvalue weighted by atomic mass is 32.2. The average Bonchev–Trinajstić information content (AvgIpc) is 2.60. The van der Waals surface area contributed by atoms with E-state index in [-0.39, 0.29) is 6.54 Å². The van der Waals surface area contributed by atoms with Crippen molar-refractivity contribution in [1.82, 2.24) is 9.62 Å². The minimum atomic E-state index is -0.861. The van der Waals surface area contributed by atoms with Crippen LogP contribution in [-0.2, 0) is 4.74 Å². The number of nitrogens with one attached hydrogen (secondary N) is 2. The molecule has 0 aromatic heterocycles. The number of benzene rings is 1. The fraction of sp³-hybridized carbons (Fsp3) is 0.471. The second kappa shape index (κ2) is 8.87. The van der Waals surface area contributed by atoms with E-state index in [9.17, 15) is 9.59 Å². The first-order chi connectivity index (χ1) is 11.7. The van der Waals surface area contributed by atoms with Gasteiger partial charge in [0.05, 0.1) is 7.11 Å². The fourth-order valence-corrected chi connectivity index (χ4v) is 2.92. The number of imide groups is 1. The molecular weight excluding hydrogens is 340 g/mol. The molecule has 25 heavy (non-hydrogen) atoms. The van der Waals surface area contributed by atoms with Gasteiger partial charge in [-0.1, -0.05) is 30.5 Å². The highest BCUT2D eigenvalue weighted by molar-refractivity contribution is 7.98. The number of amides is 4. The molecule has 0 heterocycles. The van der Waals surface area contributed by atoms with E-state index in [0.29, 0.717) is 5.92 Å². The van der Waals surface area contributed by atoms with Gasteiger partial charge in [0.2, 0.25) is 0 Å². The second-order valence-corrected chi connectivity index (χ2v) is 6.92. The van der Waals surface area contributed by atoms with Gasteiger partial charge in [0.25, 0.3) is 0 Å². The highest BCUT2D eigenvalue weighted by Crippen LogP contribution is 2.22. The van der Waals surface area contributed by atoms with E-state index < -0.39 is 22.6 Å². The van der Waals surface area contributed by atoms with E-state index in [1.807, 2.05) is 24.3 Å². The molecule has 1 atom stereocenters. The molecule has 1 unspecified atom stereocenters. The summed E-state index contributed by atoms with van der Waals surface area (Å²) in [4.78, 5) is 27.5. The molecule has 1 aromatic carbocycles. The number of rotatable bonds is 4. The van der Waals surface area contributed by atoms with Crippen LogP contribution < -0.4 is 4.72 Å². The maximum absolute atomic E-state index is 12.8. The van der Waals surface area contributed by atoms with Crippen molar-refractivity contribution in [2.24, 2.45) is 0 Å². The average molecular weight is 367 g/mol. The predicted molar refractivity (Wildman–Crippen MR) is 99.5 cm³/mol. The van der Waals surface area contributed by atoms with Crippen molar-refractivity contribution in [2.75, 3.05) is 27.7 Å². The van der Waals surface area contributed by atoms with Gasteiger partial charge >= 0.3 is 18.1 Å². The van der Waals surface area contributed by atoms with Gasteiger partial charge in [0, 0.05) is 19.0 Å². The minimum Gasteiger partial charge on any atom is -0.439 e. The topological polar surface area (TPSA) is 82.5 Å². The first-order valence-corrected chi connectivity index (χ1v) is 8.82. The number of urea groups is 2. The SMILES string of the molecule is CC[N+](C(=N)OC)(C(=O)NSc1ccc(C(C)C)cc1)C(=O)N(C)C. The van der Waals surface area contributed by atoms with Gasteiger partial charge in [-0.05, 0) is 42.5 Å². The first kappa shape index (κ1) is 21.0. The van der Waals surface area contributed by atoms with Crippen LogP contribution in [0.1, 0.15) is 32.3 Å². The first-order valence-electron chi connectivity index (χ1n) is 8.01. The molecule has 0 fully saturated rings. The zero-order valence-electron chi connectivity index (χ0n) is 15.6. The van der Waals surface area contributed by atoms with E-state index in [2.05, 4.69) is 18.6 Å². The van der Waals surface area contributed by atoms with Crippen LogP contribution in [0.5, 0.6) is 0 Å². The Balaban J connectivity index is 2.99. The Kier molecular flexibility index (Phi) is 7.44. The summed E-state index contributed by atoms with van der Waals surface area (Å²) in [7, 11) is 4.36. The Bertz CT molecular complexity index is 631. The number of nitrogens with zero attached hydrogens (tertiary/aromatic N) is 2. The lowest BCUT2D eigenvalue weighted by molar-refractivity contribution is -0.684. The molecule has 8 heteroatoms. The molecule has 0 aliphatic carbocycles. The van der Waals surface area contributed by atoms with Crippen LogP contribution >= 0.6 is 11.9 Å². The summed E-state index contributed by atoms with van der Waals surface area (Å²) in [6.45, 7) is 5.96. The number of methoxy groups -OCH3 is 1. The van der Waals surface area contributed by atoms with Gasteiger partial charge in [-0.25, -0.2) is 19.7 Å². The van der Waals surface area contributed by atoms with Gasteiger partial charge in [-0.3, -0.25) is 4.90 Å². The third-order valence-electron chi connectivity index (χ3n) is 3.87. The molecule has 1 rings (SSSR count). The summed E-state index contributed by atoms with van der Waals surface area (Å²) in [6, 6.07) is 6.25. The molecule has 7 nitrogen and oxygen atoms in total. The Morgan fingerprint density at radius 3 is 2.24 bits per heavy atom. The van der Waals surface area contributed by atoms with Crippen LogP contribution in [0.2, 0.25) is 0 Å². The largest absolute Gasteiger partial charge is 0.445 e. The highest BCUT2D eigenvalue weighted by Gasteiger charge is 2.51. The Morgan fingerprint density at radius 2 is 1.84 bits per heavy atom. The molecule has 0 saturated carbocycles. The maximum atomic E-state index is 12.8. The number of hydrogen-bond acceptors (Lipinski definition) is 5. The molecule has 0 radical (unpaired) electrons. The summed E-state index contributed by atoms with van der Waals surface area (Å²) >= 11 is 1.11. The van der Waals surface area contributed by atoms with E-state index in [0.717, 1.165) is 16.8 Å². The molecule has 0 aliphatic heterocycles. The summed E-state index contributed by atoms with van der Waals surface area (Å²) in [6.07, 6.45) is 0. The van der Waals surface area contributed by atoms with Gasteiger partial charge in [-0.2, -0.15) is 0 Å². The molecule has 2 N–H and O–H groups in total. The standard InChI is InChI=1S/C17H26N4O3S/c1-7-21(15(18)24-6,17(23)20(4)5)16(22)19-25-14-10-8-13(9-11-14)12(2)3/h8-12,18H,7H2,1-6H3/p+1. The smallest absolute Gasteiger partial charge is 0.439 e. The molecule has 1 aromatic rings. The predicted octanol–water partition coefficient (Wildman–Crippen LogP) is 3.63. The Hall–Kier alpha value is -2.06. The van der Waals surface area contributed by atoms with Crippen molar-refractivity contribution < 1.29 is 18.8 Å². The number of quaternary nitrogens is 1. The molecule has 138 valence electrons. The van der Waals surface area contributed by atoms with Crippen molar-refractivity contribution in [2.45, 2.75) is 31.6 Å².